The Kier molecular flexibility index (Phi) is 5.30. The zero-order valence-corrected chi connectivity index (χ0v) is 13.0. The summed E-state index contributed by atoms with van der Waals surface area (Å²) in [5, 5.41) is 2.81. The molecule has 0 aliphatic rings. The molecule has 2 aromatic rings. The Labute approximate surface area is 130 Å². The quantitative estimate of drug-likeness (QED) is 0.888. The molecule has 1 heterocycles. The number of aromatic nitrogens is 2. The highest BCUT2D eigenvalue weighted by molar-refractivity contribution is 6.02. The molecule has 6 nitrogen and oxygen atoms in total. The molecular weight excluding hydrogens is 280 g/mol. The Bertz CT molecular complexity index is 624. The fourth-order valence-electron chi connectivity index (χ4n) is 2.00. The average Bonchev–Trinajstić information content (AvgIpc) is 2.57. The fourth-order valence-corrected chi connectivity index (χ4v) is 2.00. The number of ether oxygens (including phenoxy) is 1. The molecule has 116 valence electrons. The second-order valence-corrected chi connectivity index (χ2v) is 4.60. The summed E-state index contributed by atoms with van der Waals surface area (Å²) in [6.07, 6.45) is 1.60. The maximum Gasteiger partial charge on any atom is 0.274 e. The van der Waals surface area contributed by atoms with Gasteiger partial charge in [-0.3, -0.25) is 4.79 Å². The number of carbonyl (C=O) groups is 1. The van der Waals surface area contributed by atoms with E-state index in [-0.39, 0.29) is 5.91 Å². The molecule has 0 bridgehead atoms. The maximum atomic E-state index is 12.3. The van der Waals surface area contributed by atoms with Crippen LogP contribution in [0.15, 0.2) is 36.5 Å². The smallest absolute Gasteiger partial charge is 0.274 e. The van der Waals surface area contributed by atoms with E-state index in [4.69, 9.17) is 4.74 Å². The minimum atomic E-state index is -0.263. The van der Waals surface area contributed by atoms with Gasteiger partial charge in [0.15, 0.2) is 0 Å². The summed E-state index contributed by atoms with van der Waals surface area (Å²) in [5.41, 5.74) is 1.03. The monoisotopic (exact) mass is 300 g/mol. The molecule has 0 saturated heterocycles. The van der Waals surface area contributed by atoms with E-state index >= 15 is 0 Å². The van der Waals surface area contributed by atoms with Crippen molar-refractivity contribution < 1.29 is 9.53 Å². The van der Waals surface area contributed by atoms with Crippen molar-refractivity contribution in [3.63, 3.8) is 0 Å². The van der Waals surface area contributed by atoms with Gasteiger partial charge in [0.1, 0.15) is 11.4 Å². The number of nitrogens with one attached hydrogen (secondary N) is 1. The van der Waals surface area contributed by atoms with Gasteiger partial charge in [-0.25, -0.2) is 9.97 Å². The van der Waals surface area contributed by atoms with Crippen molar-refractivity contribution in [2.24, 2.45) is 0 Å². The van der Waals surface area contributed by atoms with Crippen LogP contribution in [0.2, 0.25) is 0 Å². The number of hydrogen-bond acceptors (Lipinski definition) is 5. The van der Waals surface area contributed by atoms with E-state index in [1.807, 2.05) is 18.7 Å². The fraction of sp³-hybridized carbons (Fsp3) is 0.312. The van der Waals surface area contributed by atoms with Gasteiger partial charge in [0, 0.05) is 25.0 Å². The minimum Gasteiger partial charge on any atom is -0.497 e. The lowest BCUT2D eigenvalue weighted by Gasteiger charge is -2.18. The number of benzene rings is 1. The van der Waals surface area contributed by atoms with E-state index in [2.05, 4.69) is 15.3 Å². The molecule has 1 amide bonds. The molecular formula is C16H20N4O2. The molecule has 1 aromatic heterocycles. The number of nitrogens with zero attached hydrogens (tertiary/aromatic N) is 3. The zero-order chi connectivity index (χ0) is 15.9. The molecule has 0 spiro atoms. The van der Waals surface area contributed by atoms with E-state index in [9.17, 15) is 4.79 Å². The summed E-state index contributed by atoms with van der Waals surface area (Å²) >= 11 is 0. The van der Waals surface area contributed by atoms with Gasteiger partial charge in [-0.1, -0.05) is 0 Å². The Morgan fingerprint density at radius 2 is 1.86 bits per heavy atom. The lowest BCUT2D eigenvalue weighted by Crippen LogP contribution is -2.25. The highest BCUT2D eigenvalue weighted by atomic mass is 16.5. The van der Waals surface area contributed by atoms with Crippen molar-refractivity contribution in [1.29, 1.82) is 0 Å². The number of methoxy groups -OCH3 is 1. The van der Waals surface area contributed by atoms with Crippen LogP contribution in [0.4, 0.5) is 11.6 Å². The normalized spacial score (nSPS) is 10.1. The lowest BCUT2D eigenvalue weighted by molar-refractivity contribution is 0.102. The number of anilines is 2. The highest BCUT2D eigenvalue weighted by Gasteiger charge is 2.12. The molecule has 0 unspecified atom stereocenters. The summed E-state index contributed by atoms with van der Waals surface area (Å²) in [5.74, 6) is 1.04. The standard InChI is InChI=1S/C16H20N4O2/c1-4-20(5-2)16-17-11-10-14(19-16)15(21)18-12-6-8-13(22-3)9-7-12/h6-11H,4-5H2,1-3H3,(H,18,21). The predicted octanol–water partition coefficient (Wildman–Crippen LogP) is 2.58. The molecule has 2 rings (SSSR count). The third-order valence-corrected chi connectivity index (χ3v) is 3.27. The number of hydrogen-bond donors (Lipinski definition) is 1. The van der Waals surface area contributed by atoms with Gasteiger partial charge in [-0.2, -0.15) is 0 Å². The van der Waals surface area contributed by atoms with Crippen LogP contribution in [0.5, 0.6) is 5.75 Å². The van der Waals surface area contributed by atoms with Crippen LogP contribution < -0.4 is 15.0 Å². The summed E-state index contributed by atoms with van der Waals surface area (Å²) in [4.78, 5) is 22.8. The van der Waals surface area contributed by atoms with Gasteiger partial charge in [0.05, 0.1) is 7.11 Å². The molecule has 0 aliphatic carbocycles. The Morgan fingerprint density at radius 1 is 1.18 bits per heavy atom. The largest absolute Gasteiger partial charge is 0.497 e. The van der Waals surface area contributed by atoms with Crippen molar-refractivity contribution in [2.75, 3.05) is 30.4 Å². The van der Waals surface area contributed by atoms with Crippen LogP contribution >= 0.6 is 0 Å². The highest BCUT2D eigenvalue weighted by Crippen LogP contribution is 2.16. The van der Waals surface area contributed by atoms with Gasteiger partial charge in [-0.15, -0.1) is 0 Å². The third kappa shape index (κ3) is 3.72. The first kappa shape index (κ1) is 15.8. The van der Waals surface area contributed by atoms with Gasteiger partial charge in [0.2, 0.25) is 5.95 Å². The van der Waals surface area contributed by atoms with E-state index in [1.54, 1.807) is 43.6 Å². The molecule has 0 fully saturated rings. The summed E-state index contributed by atoms with van der Waals surface area (Å²) < 4.78 is 5.09. The molecule has 0 saturated carbocycles. The average molecular weight is 300 g/mol. The Morgan fingerprint density at radius 3 is 2.45 bits per heavy atom. The van der Waals surface area contributed by atoms with Gasteiger partial charge < -0.3 is 15.0 Å². The molecule has 1 aromatic carbocycles. The van der Waals surface area contributed by atoms with Gasteiger partial charge >= 0.3 is 0 Å². The first-order valence-corrected chi connectivity index (χ1v) is 7.21. The molecule has 22 heavy (non-hydrogen) atoms. The van der Waals surface area contributed by atoms with E-state index in [1.165, 1.54) is 0 Å². The van der Waals surface area contributed by atoms with Crippen molar-refractivity contribution in [3.8, 4) is 5.75 Å². The number of rotatable bonds is 6. The van der Waals surface area contributed by atoms with Crippen molar-refractivity contribution in [2.45, 2.75) is 13.8 Å². The minimum absolute atomic E-state index is 0.263. The molecule has 0 radical (unpaired) electrons. The third-order valence-electron chi connectivity index (χ3n) is 3.27. The summed E-state index contributed by atoms with van der Waals surface area (Å²) in [6.45, 7) is 5.63. The molecule has 0 aliphatic heterocycles. The Hall–Kier alpha value is -2.63. The van der Waals surface area contributed by atoms with Gasteiger partial charge in [0.25, 0.3) is 5.91 Å². The molecule has 0 atom stereocenters. The van der Waals surface area contributed by atoms with Crippen LogP contribution in [-0.2, 0) is 0 Å². The lowest BCUT2D eigenvalue weighted by atomic mass is 10.3. The number of amides is 1. The molecule has 1 N–H and O–H groups in total. The summed E-state index contributed by atoms with van der Waals surface area (Å²) in [7, 11) is 1.60. The van der Waals surface area contributed by atoms with Crippen LogP contribution in [0, 0.1) is 0 Å². The van der Waals surface area contributed by atoms with Crippen molar-refractivity contribution in [3.05, 3.63) is 42.2 Å². The molecule has 6 heteroatoms. The topological polar surface area (TPSA) is 67.4 Å². The first-order valence-electron chi connectivity index (χ1n) is 7.21. The van der Waals surface area contributed by atoms with Crippen LogP contribution in [0.3, 0.4) is 0 Å². The van der Waals surface area contributed by atoms with Crippen molar-refractivity contribution >= 4 is 17.5 Å². The predicted molar refractivity (Wildman–Crippen MR) is 86.5 cm³/mol. The first-order chi connectivity index (χ1) is 10.7. The summed E-state index contributed by atoms with van der Waals surface area (Å²) in [6, 6.07) is 8.74. The van der Waals surface area contributed by atoms with Crippen LogP contribution in [0.1, 0.15) is 24.3 Å². The second kappa shape index (κ2) is 7.40. The van der Waals surface area contributed by atoms with E-state index in [0.29, 0.717) is 17.3 Å². The van der Waals surface area contributed by atoms with E-state index < -0.39 is 0 Å². The maximum absolute atomic E-state index is 12.3. The van der Waals surface area contributed by atoms with Gasteiger partial charge in [-0.05, 0) is 44.2 Å². The van der Waals surface area contributed by atoms with E-state index in [0.717, 1.165) is 18.8 Å². The van der Waals surface area contributed by atoms with Crippen molar-refractivity contribution in [1.82, 2.24) is 9.97 Å². The number of carbonyl (C=O) groups excluding carboxylic acids is 1. The zero-order valence-electron chi connectivity index (χ0n) is 13.0. The van der Waals surface area contributed by atoms with Crippen LogP contribution in [0.25, 0.3) is 0 Å². The second-order valence-electron chi connectivity index (χ2n) is 4.60. The Balaban J connectivity index is 2.13. The van der Waals surface area contributed by atoms with Crippen LogP contribution in [-0.4, -0.2) is 36.1 Å². The SMILES string of the molecule is CCN(CC)c1nccc(C(=O)Nc2ccc(OC)cc2)n1.